The molecule has 0 saturated carbocycles. The molecule has 3 heteroatoms. The lowest BCUT2D eigenvalue weighted by molar-refractivity contribution is 0.341. The Morgan fingerprint density at radius 3 is 2.85 bits per heavy atom. The topological polar surface area (TPSA) is 35.2 Å². The van der Waals surface area contributed by atoms with E-state index in [-0.39, 0.29) is 11.6 Å². The van der Waals surface area contributed by atoms with Crippen LogP contribution in [0.5, 0.6) is 5.75 Å². The average molecular weight is 181 g/mol. The van der Waals surface area contributed by atoms with Crippen LogP contribution in [0.2, 0.25) is 0 Å². The summed E-state index contributed by atoms with van der Waals surface area (Å²) in [5.41, 5.74) is 6.10. The van der Waals surface area contributed by atoms with Gasteiger partial charge in [0.15, 0.2) is 11.6 Å². The first-order chi connectivity index (χ1) is 6.27. The van der Waals surface area contributed by atoms with Crippen molar-refractivity contribution >= 4 is 0 Å². The lowest BCUT2D eigenvalue weighted by Gasteiger charge is -2.05. The molecule has 70 valence electrons. The number of halogens is 1. The SMILES string of the molecule is C=CCOc1ccc(CN)cc1F. The minimum absolute atomic E-state index is 0.233. The zero-order valence-electron chi connectivity index (χ0n) is 7.29. The monoisotopic (exact) mass is 181 g/mol. The van der Waals surface area contributed by atoms with Crippen molar-refractivity contribution in [1.29, 1.82) is 0 Å². The number of nitrogens with two attached hydrogens (primary N) is 1. The number of ether oxygens (including phenoxy) is 1. The van der Waals surface area contributed by atoms with E-state index in [0.29, 0.717) is 13.2 Å². The molecule has 1 aromatic rings. The van der Waals surface area contributed by atoms with Crippen LogP contribution < -0.4 is 10.5 Å². The van der Waals surface area contributed by atoms with E-state index in [1.54, 1.807) is 18.2 Å². The second-order valence-corrected chi connectivity index (χ2v) is 2.57. The summed E-state index contributed by atoms with van der Waals surface area (Å²) < 4.78 is 18.2. The van der Waals surface area contributed by atoms with Gasteiger partial charge in [-0.3, -0.25) is 0 Å². The molecule has 0 amide bonds. The molecule has 0 atom stereocenters. The first kappa shape index (κ1) is 9.74. The highest BCUT2D eigenvalue weighted by atomic mass is 19.1. The van der Waals surface area contributed by atoms with Crippen molar-refractivity contribution in [3.63, 3.8) is 0 Å². The van der Waals surface area contributed by atoms with Crippen LogP contribution in [0.3, 0.4) is 0 Å². The molecule has 2 N–H and O–H groups in total. The Bertz CT molecular complexity index is 299. The van der Waals surface area contributed by atoms with E-state index in [1.807, 2.05) is 0 Å². The van der Waals surface area contributed by atoms with Gasteiger partial charge in [0.1, 0.15) is 6.61 Å². The predicted molar refractivity (Wildman–Crippen MR) is 50.0 cm³/mol. The van der Waals surface area contributed by atoms with Gasteiger partial charge in [-0.1, -0.05) is 18.7 Å². The van der Waals surface area contributed by atoms with E-state index in [1.165, 1.54) is 6.07 Å². The molecule has 0 radical (unpaired) electrons. The summed E-state index contributed by atoms with van der Waals surface area (Å²) in [5.74, 6) is -0.151. The van der Waals surface area contributed by atoms with Crippen LogP contribution in [0.25, 0.3) is 0 Å². The summed E-state index contributed by atoms with van der Waals surface area (Å²) >= 11 is 0. The molecule has 0 heterocycles. The highest BCUT2D eigenvalue weighted by molar-refractivity contribution is 5.29. The van der Waals surface area contributed by atoms with Crippen molar-refractivity contribution in [3.05, 3.63) is 42.2 Å². The number of benzene rings is 1. The molecule has 13 heavy (non-hydrogen) atoms. The standard InChI is InChI=1S/C10H12FNO/c1-2-5-13-10-4-3-8(7-12)6-9(10)11/h2-4,6H,1,5,7,12H2. The van der Waals surface area contributed by atoms with E-state index in [9.17, 15) is 4.39 Å². The summed E-state index contributed by atoms with van der Waals surface area (Å²) in [6.07, 6.45) is 1.57. The van der Waals surface area contributed by atoms with Gasteiger partial charge in [0, 0.05) is 6.54 Å². The second kappa shape index (κ2) is 4.62. The van der Waals surface area contributed by atoms with Crippen molar-refractivity contribution in [3.8, 4) is 5.75 Å². The quantitative estimate of drug-likeness (QED) is 0.719. The molecule has 1 rings (SSSR count). The first-order valence-electron chi connectivity index (χ1n) is 4.00. The van der Waals surface area contributed by atoms with Gasteiger partial charge in [-0.2, -0.15) is 0 Å². The molecule has 0 saturated heterocycles. The van der Waals surface area contributed by atoms with Crippen molar-refractivity contribution in [2.75, 3.05) is 6.61 Å². The molecule has 0 bridgehead atoms. The smallest absolute Gasteiger partial charge is 0.165 e. The highest BCUT2D eigenvalue weighted by Crippen LogP contribution is 2.17. The van der Waals surface area contributed by atoms with Crippen molar-refractivity contribution in [2.45, 2.75) is 6.54 Å². The van der Waals surface area contributed by atoms with Gasteiger partial charge in [-0.15, -0.1) is 0 Å². The van der Waals surface area contributed by atoms with Crippen LogP contribution in [-0.4, -0.2) is 6.61 Å². The molecular formula is C10H12FNO. The predicted octanol–water partition coefficient (Wildman–Crippen LogP) is 1.85. The average Bonchev–Trinajstić information content (AvgIpc) is 2.16. The number of hydrogen-bond acceptors (Lipinski definition) is 2. The minimum atomic E-state index is -0.384. The Labute approximate surface area is 76.8 Å². The second-order valence-electron chi connectivity index (χ2n) is 2.57. The van der Waals surface area contributed by atoms with E-state index in [4.69, 9.17) is 10.5 Å². The molecule has 0 fully saturated rings. The zero-order chi connectivity index (χ0) is 9.68. The third-order valence-electron chi connectivity index (χ3n) is 1.59. The minimum Gasteiger partial charge on any atom is -0.486 e. The van der Waals surface area contributed by atoms with Gasteiger partial charge in [0.05, 0.1) is 0 Å². The van der Waals surface area contributed by atoms with Gasteiger partial charge in [0.2, 0.25) is 0 Å². The Kier molecular flexibility index (Phi) is 3.46. The van der Waals surface area contributed by atoms with E-state index < -0.39 is 0 Å². The third kappa shape index (κ3) is 2.56. The Balaban J connectivity index is 2.78. The van der Waals surface area contributed by atoms with Gasteiger partial charge in [-0.25, -0.2) is 4.39 Å². The maximum Gasteiger partial charge on any atom is 0.165 e. The van der Waals surface area contributed by atoms with Crippen LogP contribution in [-0.2, 0) is 6.54 Å². The molecular weight excluding hydrogens is 169 g/mol. The number of hydrogen-bond donors (Lipinski definition) is 1. The van der Waals surface area contributed by atoms with Crippen LogP contribution >= 0.6 is 0 Å². The maximum atomic E-state index is 13.1. The Hall–Kier alpha value is -1.35. The molecule has 0 spiro atoms. The van der Waals surface area contributed by atoms with Crippen LogP contribution in [0, 0.1) is 5.82 Å². The van der Waals surface area contributed by atoms with E-state index in [0.717, 1.165) is 5.56 Å². The van der Waals surface area contributed by atoms with Crippen LogP contribution in [0.15, 0.2) is 30.9 Å². The van der Waals surface area contributed by atoms with Gasteiger partial charge in [0.25, 0.3) is 0 Å². The third-order valence-corrected chi connectivity index (χ3v) is 1.59. The maximum absolute atomic E-state index is 13.1. The Morgan fingerprint density at radius 1 is 1.54 bits per heavy atom. The van der Waals surface area contributed by atoms with Crippen LogP contribution in [0.4, 0.5) is 4.39 Å². The van der Waals surface area contributed by atoms with E-state index >= 15 is 0 Å². The van der Waals surface area contributed by atoms with Gasteiger partial charge in [-0.05, 0) is 17.7 Å². The molecule has 0 unspecified atom stereocenters. The van der Waals surface area contributed by atoms with Crippen molar-refractivity contribution in [2.24, 2.45) is 5.73 Å². The van der Waals surface area contributed by atoms with Crippen LogP contribution in [0.1, 0.15) is 5.56 Å². The fraction of sp³-hybridized carbons (Fsp3) is 0.200. The summed E-state index contributed by atoms with van der Waals surface area (Å²) in [4.78, 5) is 0. The normalized spacial score (nSPS) is 9.69. The van der Waals surface area contributed by atoms with Gasteiger partial charge < -0.3 is 10.5 Å². The highest BCUT2D eigenvalue weighted by Gasteiger charge is 2.02. The zero-order valence-corrected chi connectivity index (χ0v) is 7.29. The lowest BCUT2D eigenvalue weighted by Crippen LogP contribution is -1.99. The summed E-state index contributed by atoms with van der Waals surface area (Å²) in [6, 6.07) is 4.68. The fourth-order valence-electron chi connectivity index (χ4n) is 0.937. The number of rotatable bonds is 4. The molecule has 1 aromatic carbocycles. The molecule has 0 aliphatic heterocycles. The largest absolute Gasteiger partial charge is 0.486 e. The molecule has 0 aromatic heterocycles. The molecule has 2 nitrogen and oxygen atoms in total. The van der Waals surface area contributed by atoms with Crippen molar-refractivity contribution < 1.29 is 9.13 Å². The first-order valence-corrected chi connectivity index (χ1v) is 4.00. The van der Waals surface area contributed by atoms with E-state index in [2.05, 4.69) is 6.58 Å². The molecule has 0 aliphatic carbocycles. The summed E-state index contributed by atoms with van der Waals surface area (Å²) in [7, 11) is 0. The fourth-order valence-corrected chi connectivity index (χ4v) is 0.937. The van der Waals surface area contributed by atoms with Crippen molar-refractivity contribution in [1.82, 2.24) is 0 Å². The summed E-state index contributed by atoms with van der Waals surface area (Å²) in [5, 5.41) is 0. The Morgan fingerprint density at radius 2 is 2.31 bits per heavy atom. The molecule has 0 aliphatic rings. The van der Waals surface area contributed by atoms with Gasteiger partial charge >= 0.3 is 0 Å². The lowest BCUT2D eigenvalue weighted by atomic mass is 10.2. The summed E-state index contributed by atoms with van der Waals surface area (Å²) in [6.45, 7) is 4.11.